The zero-order valence-electron chi connectivity index (χ0n) is 12.3. The van der Waals surface area contributed by atoms with Crippen molar-refractivity contribution in [1.29, 1.82) is 0 Å². The summed E-state index contributed by atoms with van der Waals surface area (Å²) in [4.78, 5) is 11.8. The van der Waals surface area contributed by atoms with E-state index in [0.717, 1.165) is 12.0 Å². The summed E-state index contributed by atoms with van der Waals surface area (Å²) in [6, 6.07) is 0. The molecule has 102 valence electrons. The molecule has 1 aliphatic carbocycles. The van der Waals surface area contributed by atoms with Crippen molar-refractivity contribution in [2.45, 2.75) is 59.8 Å². The van der Waals surface area contributed by atoms with Gasteiger partial charge in [-0.2, -0.15) is 0 Å². The molecule has 18 heavy (non-hydrogen) atoms. The van der Waals surface area contributed by atoms with Crippen molar-refractivity contribution in [2.75, 3.05) is 6.54 Å². The molecular formula is C16H27NO. The molecule has 0 saturated heterocycles. The third-order valence-corrected chi connectivity index (χ3v) is 3.88. The molecule has 2 nitrogen and oxygen atoms in total. The standard InChI is InChI=1S/C16H27NO/c1-5-12(3)15-10-8-7-9-14(15)11-13(4)16(18)17-6-2/h11,14H,5-10H2,1-4H3,(H,17,18)/b13-11+,15-12+/t14-/m0/s1. The third-order valence-electron chi connectivity index (χ3n) is 3.88. The van der Waals surface area contributed by atoms with Crippen LogP contribution < -0.4 is 5.32 Å². The minimum Gasteiger partial charge on any atom is -0.353 e. The number of likely N-dealkylation sites (N-methyl/N-ethyl adjacent to an activating group) is 1. The van der Waals surface area contributed by atoms with Gasteiger partial charge < -0.3 is 5.32 Å². The van der Waals surface area contributed by atoms with E-state index < -0.39 is 0 Å². The lowest BCUT2D eigenvalue weighted by Crippen LogP contribution is -2.24. The summed E-state index contributed by atoms with van der Waals surface area (Å²) in [7, 11) is 0. The van der Waals surface area contributed by atoms with Gasteiger partial charge in [0.2, 0.25) is 5.91 Å². The minimum atomic E-state index is 0.0802. The van der Waals surface area contributed by atoms with Gasteiger partial charge in [-0.25, -0.2) is 0 Å². The van der Waals surface area contributed by atoms with Gasteiger partial charge in [0.25, 0.3) is 0 Å². The smallest absolute Gasteiger partial charge is 0.246 e. The number of hydrogen-bond donors (Lipinski definition) is 1. The number of nitrogens with one attached hydrogen (secondary N) is 1. The second-order valence-corrected chi connectivity index (χ2v) is 5.22. The largest absolute Gasteiger partial charge is 0.353 e. The van der Waals surface area contributed by atoms with Crippen molar-refractivity contribution < 1.29 is 4.79 Å². The molecule has 1 N–H and O–H groups in total. The van der Waals surface area contributed by atoms with E-state index in [2.05, 4.69) is 25.2 Å². The molecule has 0 aromatic rings. The van der Waals surface area contributed by atoms with Gasteiger partial charge in [0, 0.05) is 12.1 Å². The van der Waals surface area contributed by atoms with E-state index in [1.807, 2.05) is 13.8 Å². The lowest BCUT2D eigenvalue weighted by atomic mass is 9.80. The van der Waals surface area contributed by atoms with Gasteiger partial charge in [0.05, 0.1) is 0 Å². The molecule has 1 fully saturated rings. The summed E-state index contributed by atoms with van der Waals surface area (Å²) in [6.07, 6.45) is 8.30. The molecule has 0 radical (unpaired) electrons. The van der Waals surface area contributed by atoms with E-state index in [4.69, 9.17) is 0 Å². The molecule has 1 atom stereocenters. The van der Waals surface area contributed by atoms with Crippen molar-refractivity contribution in [3.63, 3.8) is 0 Å². The number of amides is 1. The first kappa shape index (κ1) is 15.0. The molecular weight excluding hydrogens is 222 g/mol. The molecule has 2 heteroatoms. The molecule has 0 aromatic heterocycles. The van der Waals surface area contributed by atoms with Crippen LogP contribution in [0.25, 0.3) is 0 Å². The van der Waals surface area contributed by atoms with Crippen LogP contribution in [0.5, 0.6) is 0 Å². The summed E-state index contributed by atoms with van der Waals surface area (Å²) in [5.41, 5.74) is 3.96. The van der Waals surface area contributed by atoms with Crippen LogP contribution >= 0.6 is 0 Å². The van der Waals surface area contributed by atoms with Crippen LogP contribution in [-0.2, 0) is 4.79 Å². The van der Waals surface area contributed by atoms with Crippen molar-refractivity contribution in [2.24, 2.45) is 5.92 Å². The second-order valence-electron chi connectivity index (χ2n) is 5.22. The topological polar surface area (TPSA) is 29.1 Å². The molecule has 0 spiro atoms. The van der Waals surface area contributed by atoms with Crippen molar-refractivity contribution in [1.82, 2.24) is 5.32 Å². The van der Waals surface area contributed by atoms with E-state index in [-0.39, 0.29) is 5.91 Å². The van der Waals surface area contributed by atoms with Crippen molar-refractivity contribution >= 4 is 5.91 Å². The zero-order valence-corrected chi connectivity index (χ0v) is 12.3. The summed E-state index contributed by atoms with van der Waals surface area (Å²) in [5, 5.41) is 2.87. The van der Waals surface area contributed by atoms with Gasteiger partial charge in [-0.1, -0.05) is 30.6 Å². The van der Waals surface area contributed by atoms with Crippen LogP contribution in [0.2, 0.25) is 0 Å². The van der Waals surface area contributed by atoms with E-state index >= 15 is 0 Å². The van der Waals surface area contributed by atoms with Crippen LogP contribution in [-0.4, -0.2) is 12.5 Å². The summed E-state index contributed by atoms with van der Waals surface area (Å²) in [6.45, 7) is 9.04. The highest BCUT2D eigenvalue weighted by Crippen LogP contribution is 2.34. The summed E-state index contributed by atoms with van der Waals surface area (Å²) >= 11 is 0. The molecule has 0 aromatic carbocycles. The van der Waals surface area contributed by atoms with Gasteiger partial charge in [0.1, 0.15) is 0 Å². The fraction of sp³-hybridized carbons (Fsp3) is 0.688. The second kappa shape index (κ2) is 7.40. The van der Waals surface area contributed by atoms with E-state index in [1.54, 1.807) is 5.57 Å². The van der Waals surface area contributed by atoms with Crippen molar-refractivity contribution in [3.8, 4) is 0 Å². The number of carbonyl (C=O) groups excluding carboxylic acids is 1. The highest BCUT2D eigenvalue weighted by Gasteiger charge is 2.19. The molecule has 1 amide bonds. The number of hydrogen-bond acceptors (Lipinski definition) is 1. The average molecular weight is 249 g/mol. The quantitative estimate of drug-likeness (QED) is 0.592. The zero-order chi connectivity index (χ0) is 13.5. The van der Waals surface area contributed by atoms with Crippen LogP contribution in [0, 0.1) is 5.92 Å². The first-order chi connectivity index (χ1) is 8.60. The molecule has 0 aliphatic heterocycles. The molecule has 0 unspecified atom stereocenters. The van der Waals surface area contributed by atoms with Crippen molar-refractivity contribution in [3.05, 3.63) is 22.8 Å². The van der Waals surface area contributed by atoms with Gasteiger partial charge in [-0.15, -0.1) is 0 Å². The number of rotatable bonds is 4. The Morgan fingerprint density at radius 2 is 2.06 bits per heavy atom. The molecule has 1 saturated carbocycles. The average Bonchev–Trinajstić information content (AvgIpc) is 2.38. The summed E-state index contributed by atoms with van der Waals surface area (Å²) < 4.78 is 0. The Balaban J connectivity index is 2.85. The third kappa shape index (κ3) is 4.01. The van der Waals surface area contributed by atoms with Crippen LogP contribution in [0.1, 0.15) is 59.8 Å². The highest BCUT2D eigenvalue weighted by molar-refractivity contribution is 5.92. The van der Waals surface area contributed by atoms with E-state index in [0.29, 0.717) is 12.5 Å². The molecule has 0 heterocycles. The first-order valence-corrected chi connectivity index (χ1v) is 7.25. The fourth-order valence-electron chi connectivity index (χ4n) is 2.66. The van der Waals surface area contributed by atoms with E-state index in [1.165, 1.54) is 31.3 Å². The lowest BCUT2D eigenvalue weighted by Gasteiger charge is -2.25. The Morgan fingerprint density at radius 1 is 1.33 bits per heavy atom. The monoisotopic (exact) mass is 249 g/mol. The Kier molecular flexibility index (Phi) is 6.17. The lowest BCUT2D eigenvalue weighted by molar-refractivity contribution is -0.117. The van der Waals surface area contributed by atoms with E-state index in [9.17, 15) is 4.79 Å². The van der Waals surface area contributed by atoms with Gasteiger partial charge in [-0.05, 0) is 52.4 Å². The molecule has 0 bridgehead atoms. The predicted molar refractivity (Wildman–Crippen MR) is 77.4 cm³/mol. The maximum atomic E-state index is 11.8. The Morgan fingerprint density at radius 3 is 2.67 bits per heavy atom. The Bertz CT molecular complexity index is 352. The Labute approximate surface area is 112 Å². The van der Waals surface area contributed by atoms with Gasteiger partial charge in [0.15, 0.2) is 0 Å². The van der Waals surface area contributed by atoms with Crippen LogP contribution in [0.15, 0.2) is 22.8 Å². The van der Waals surface area contributed by atoms with Crippen LogP contribution in [0.4, 0.5) is 0 Å². The minimum absolute atomic E-state index is 0.0802. The molecule has 1 rings (SSSR count). The predicted octanol–water partition coefficient (Wildman–Crippen LogP) is 3.99. The summed E-state index contributed by atoms with van der Waals surface area (Å²) in [5.74, 6) is 0.567. The van der Waals surface area contributed by atoms with Gasteiger partial charge in [-0.3, -0.25) is 4.79 Å². The fourth-order valence-corrected chi connectivity index (χ4v) is 2.66. The van der Waals surface area contributed by atoms with Gasteiger partial charge >= 0.3 is 0 Å². The van der Waals surface area contributed by atoms with Crippen LogP contribution in [0.3, 0.4) is 0 Å². The Hall–Kier alpha value is -1.05. The number of allylic oxidation sites excluding steroid dienone is 3. The first-order valence-electron chi connectivity index (χ1n) is 7.25. The normalized spacial score (nSPS) is 23.8. The maximum Gasteiger partial charge on any atom is 0.246 e. The number of carbonyl (C=O) groups is 1. The molecule has 1 aliphatic rings. The highest BCUT2D eigenvalue weighted by atomic mass is 16.1. The maximum absolute atomic E-state index is 11.8. The SMILES string of the molecule is CCNC(=O)/C(C)=C/[C@@H]1CCCC/C1=C(/C)CC.